The van der Waals surface area contributed by atoms with E-state index in [2.05, 4.69) is 24.1 Å². The number of carbonyl (C=O) groups is 1. The molecule has 1 aromatic heterocycles. The Kier molecular flexibility index (Phi) is 7.35. The van der Waals surface area contributed by atoms with Crippen molar-refractivity contribution in [1.82, 2.24) is 4.98 Å². The van der Waals surface area contributed by atoms with E-state index in [-0.39, 0.29) is 18.3 Å². The zero-order chi connectivity index (χ0) is 15.9. The highest BCUT2D eigenvalue weighted by Crippen LogP contribution is 2.16. The van der Waals surface area contributed by atoms with Crippen LogP contribution in [0, 0.1) is 13.8 Å². The highest BCUT2D eigenvalue weighted by Gasteiger charge is 2.03. The number of rotatable bonds is 6. The van der Waals surface area contributed by atoms with Gasteiger partial charge in [0.1, 0.15) is 11.6 Å². The van der Waals surface area contributed by atoms with Crippen LogP contribution in [0.25, 0.3) is 0 Å². The van der Waals surface area contributed by atoms with Crippen LogP contribution in [0.1, 0.15) is 24.0 Å². The largest absolute Gasteiger partial charge is 0.494 e. The van der Waals surface area contributed by atoms with Gasteiger partial charge in [-0.1, -0.05) is 6.07 Å². The number of hydrogen-bond acceptors (Lipinski definition) is 4. The summed E-state index contributed by atoms with van der Waals surface area (Å²) in [6.45, 7) is 4.63. The second kappa shape index (κ2) is 9.00. The molecule has 0 spiro atoms. The van der Waals surface area contributed by atoms with Crippen molar-refractivity contribution in [2.75, 3.05) is 17.7 Å². The molecule has 0 aliphatic carbocycles. The number of pyridine rings is 1. The fraction of sp³-hybridized carbons (Fsp3) is 0.294. The van der Waals surface area contributed by atoms with Gasteiger partial charge in [-0.15, -0.1) is 12.4 Å². The van der Waals surface area contributed by atoms with Crippen LogP contribution in [-0.2, 0) is 4.79 Å². The minimum atomic E-state index is -0.0599. The molecule has 0 aliphatic rings. The maximum absolute atomic E-state index is 11.8. The number of nitrogens with zero attached hydrogens (tertiary/aromatic N) is 1. The van der Waals surface area contributed by atoms with Gasteiger partial charge in [0.2, 0.25) is 5.91 Å². The quantitative estimate of drug-likeness (QED) is 0.792. The summed E-state index contributed by atoms with van der Waals surface area (Å²) in [4.78, 5) is 15.7. The predicted octanol–water partition coefficient (Wildman–Crippen LogP) is 3.50. The molecule has 23 heavy (non-hydrogen) atoms. The number of ether oxygens (including phenoxy) is 1. The number of aromatic nitrogens is 1. The molecular weight excluding hydrogens is 314 g/mol. The molecule has 0 unspecified atom stereocenters. The Morgan fingerprint density at radius 2 is 2.00 bits per heavy atom. The average Bonchev–Trinajstić information content (AvgIpc) is 2.49. The molecular formula is C17H22ClN3O2. The van der Waals surface area contributed by atoms with Gasteiger partial charge in [0, 0.05) is 6.42 Å². The molecule has 0 atom stereocenters. The van der Waals surface area contributed by atoms with Crippen LogP contribution in [0.3, 0.4) is 0 Å². The van der Waals surface area contributed by atoms with Gasteiger partial charge < -0.3 is 15.8 Å². The topological polar surface area (TPSA) is 77.2 Å². The van der Waals surface area contributed by atoms with E-state index < -0.39 is 0 Å². The van der Waals surface area contributed by atoms with E-state index in [1.165, 1.54) is 11.1 Å². The maximum atomic E-state index is 11.8. The number of benzene rings is 1. The first-order valence-electron chi connectivity index (χ1n) is 7.26. The summed E-state index contributed by atoms with van der Waals surface area (Å²) in [6, 6.07) is 9.37. The van der Waals surface area contributed by atoms with Crippen LogP contribution in [0.4, 0.5) is 11.5 Å². The third-order valence-corrected chi connectivity index (χ3v) is 3.37. The van der Waals surface area contributed by atoms with Gasteiger partial charge in [0.15, 0.2) is 0 Å². The molecule has 1 amide bonds. The molecule has 2 aromatic rings. The first kappa shape index (κ1) is 18.8. The van der Waals surface area contributed by atoms with E-state index in [0.29, 0.717) is 31.0 Å². The summed E-state index contributed by atoms with van der Waals surface area (Å²) < 4.78 is 5.65. The lowest BCUT2D eigenvalue weighted by Crippen LogP contribution is -2.13. The van der Waals surface area contributed by atoms with E-state index in [0.717, 1.165) is 5.75 Å². The molecule has 0 radical (unpaired) electrons. The second-order valence-electron chi connectivity index (χ2n) is 5.22. The van der Waals surface area contributed by atoms with Crippen molar-refractivity contribution in [2.45, 2.75) is 26.7 Å². The maximum Gasteiger partial charge on any atom is 0.224 e. The third kappa shape index (κ3) is 6.16. The van der Waals surface area contributed by atoms with Gasteiger partial charge >= 0.3 is 0 Å². The lowest BCUT2D eigenvalue weighted by Gasteiger charge is -2.08. The number of nitrogen functional groups attached to an aromatic ring is 1. The monoisotopic (exact) mass is 335 g/mol. The Balaban J connectivity index is 0.00000264. The Morgan fingerprint density at radius 3 is 2.65 bits per heavy atom. The van der Waals surface area contributed by atoms with E-state index >= 15 is 0 Å². The van der Waals surface area contributed by atoms with Crippen molar-refractivity contribution in [2.24, 2.45) is 0 Å². The summed E-state index contributed by atoms with van der Waals surface area (Å²) in [6.07, 6.45) is 2.59. The molecule has 0 bridgehead atoms. The number of carbonyl (C=O) groups excluding carboxylic acids is 1. The molecule has 0 saturated heterocycles. The SMILES string of the molecule is Cc1ccc(OCCCC(=O)Nc2ccc(N)nc2)cc1C.Cl. The third-order valence-electron chi connectivity index (χ3n) is 3.37. The van der Waals surface area contributed by atoms with Gasteiger partial charge in [0.05, 0.1) is 18.5 Å². The standard InChI is InChI=1S/C17H21N3O2.ClH/c1-12-5-7-15(10-13(12)2)22-9-3-4-17(21)20-14-6-8-16(18)19-11-14;/h5-8,10-11H,3-4,9H2,1-2H3,(H2,18,19)(H,20,21);1H. The Labute approximate surface area is 142 Å². The normalized spacial score (nSPS) is 9.83. The first-order chi connectivity index (χ1) is 10.5. The van der Waals surface area contributed by atoms with Crippen LogP contribution in [0.15, 0.2) is 36.5 Å². The lowest BCUT2D eigenvalue weighted by molar-refractivity contribution is -0.116. The number of nitrogens with two attached hydrogens (primary N) is 1. The van der Waals surface area contributed by atoms with Crippen LogP contribution in [0.5, 0.6) is 5.75 Å². The second-order valence-corrected chi connectivity index (χ2v) is 5.22. The molecule has 1 heterocycles. The Bertz CT molecular complexity index is 645. The van der Waals surface area contributed by atoms with Crippen molar-refractivity contribution >= 4 is 29.8 Å². The fourth-order valence-corrected chi connectivity index (χ4v) is 1.93. The van der Waals surface area contributed by atoms with E-state index in [9.17, 15) is 4.79 Å². The number of aryl methyl sites for hydroxylation is 2. The van der Waals surface area contributed by atoms with Crippen LogP contribution in [0.2, 0.25) is 0 Å². The number of hydrogen-bond donors (Lipinski definition) is 2. The minimum absolute atomic E-state index is 0. The summed E-state index contributed by atoms with van der Waals surface area (Å²) >= 11 is 0. The fourth-order valence-electron chi connectivity index (χ4n) is 1.93. The molecule has 2 rings (SSSR count). The Morgan fingerprint density at radius 1 is 1.22 bits per heavy atom. The van der Waals surface area contributed by atoms with Crippen LogP contribution >= 0.6 is 12.4 Å². The van der Waals surface area contributed by atoms with E-state index in [1.807, 2.05) is 18.2 Å². The van der Waals surface area contributed by atoms with E-state index in [4.69, 9.17) is 10.5 Å². The summed E-state index contributed by atoms with van der Waals surface area (Å²) in [5.41, 5.74) is 8.58. The van der Waals surface area contributed by atoms with E-state index in [1.54, 1.807) is 18.3 Å². The zero-order valence-corrected chi connectivity index (χ0v) is 14.2. The molecule has 0 aliphatic heterocycles. The summed E-state index contributed by atoms with van der Waals surface area (Å²) in [7, 11) is 0. The zero-order valence-electron chi connectivity index (χ0n) is 13.3. The average molecular weight is 336 g/mol. The van der Waals surface area contributed by atoms with Gasteiger partial charge in [0.25, 0.3) is 0 Å². The Hall–Kier alpha value is -2.27. The number of anilines is 2. The highest BCUT2D eigenvalue weighted by molar-refractivity contribution is 5.90. The van der Waals surface area contributed by atoms with Crippen molar-refractivity contribution < 1.29 is 9.53 Å². The molecule has 6 heteroatoms. The van der Waals surface area contributed by atoms with Crippen LogP contribution in [-0.4, -0.2) is 17.5 Å². The molecule has 5 nitrogen and oxygen atoms in total. The lowest BCUT2D eigenvalue weighted by atomic mass is 10.1. The van der Waals surface area contributed by atoms with Gasteiger partial charge in [-0.2, -0.15) is 0 Å². The summed E-state index contributed by atoms with van der Waals surface area (Å²) in [5.74, 6) is 1.21. The smallest absolute Gasteiger partial charge is 0.224 e. The van der Waals surface area contributed by atoms with Gasteiger partial charge in [-0.05, 0) is 55.7 Å². The predicted molar refractivity (Wildman–Crippen MR) is 95.2 cm³/mol. The first-order valence-corrected chi connectivity index (χ1v) is 7.26. The highest BCUT2D eigenvalue weighted by atomic mass is 35.5. The molecule has 1 aromatic carbocycles. The number of amides is 1. The van der Waals surface area contributed by atoms with Gasteiger partial charge in [-0.25, -0.2) is 4.98 Å². The van der Waals surface area contributed by atoms with Crippen molar-refractivity contribution in [1.29, 1.82) is 0 Å². The molecule has 0 saturated carbocycles. The molecule has 124 valence electrons. The molecule has 3 N–H and O–H groups in total. The van der Waals surface area contributed by atoms with Crippen molar-refractivity contribution in [3.8, 4) is 5.75 Å². The van der Waals surface area contributed by atoms with Crippen LogP contribution < -0.4 is 15.8 Å². The minimum Gasteiger partial charge on any atom is -0.494 e. The summed E-state index contributed by atoms with van der Waals surface area (Å²) in [5, 5.41) is 2.77. The number of halogens is 1. The van der Waals surface area contributed by atoms with Crippen molar-refractivity contribution in [3.05, 3.63) is 47.7 Å². The molecule has 0 fully saturated rings. The number of nitrogens with one attached hydrogen (secondary N) is 1. The van der Waals surface area contributed by atoms with Gasteiger partial charge in [-0.3, -0.25) is 4.79 Å². The van der Waals surface area contributed by atoms with Crippen molar-refractivity contribution in [3.63, 3.8) is 0 Å².